The van der Waals surface area contributed by atoms with Gasteiger partial charge in [-0.15, -0.1) is 0 Å². The van der Waals surface area contributed by atoms with Crippen LogP contribution in [0, 0.1) is 6.92 Å². The molecule has 1 unspecified atom stereocenters. The van der Waals surface area contributed by atoms with Crippen molar-refractivity contribution in [3.05, 3.63) is 36.3 Å². The molecule has 1 atom stereocenters. The van der Waals surface area contributed by atoms with E-state index in [0.29, 0.717) is 6.61 Å². The van der Waals surface area contributed by atoms with Crippen LogP contribution in [0.15, 0.2) is 30.6 Å². The maximum Gasteiger partial charge on any atom is 0.147 e. The third-order valence-corrected chi connectivity index (χ3v) is 2.58. The Labute approximate surface area is 101 Å². The van der Waals surface area contributed by atoms with Crippen LogP contribution in [0.2, 0.25) is 0 Å². The van der Waals surface area contributed by atoms with Crippen LogP contribution in [0.5, 0.6) is 0 Å². The lowest BCUT2D eigenvalue weighted by Gasteiger charge is -2.11. The van der Waals surface area contributed by atoms with Gasteiger partial charge >= 0.3 is 0 Å². The van der Waals surface area contributed by atoms with E-state index in [9.17, 15) is 0 Å². The Bertz CT molecular complexity index is 493. The molecule has 2 aromatic heterocycles. The predicted molar refractivity (Wildman–Crippen MR) is 66.5 cm³/mol. The first kappa shape index (κ1) is 11.8. The maximum absolute atomic E-state index is 5.49. The minimum Gasteiger partial charge on any atom is -0.357 e. The summed E-state index contributed by atoms with van der Waals surface area (Å²) in [4.78, 5) is 4.18. The van der Waals surface area contributed by atoms with Gasteiger partial charge in [0.15, 0.2) is 0 Å². The van der Waals surface area contributed by atoms with Crippen molar-refractivity contribution in [2.24, 2.45) is 0 Å². The molecule has 17 heavy (non-hydrogen) atoms. The average molecular weight is 231 g/mol. The number of aryl methyl sites for hydroxylation is 1. The van der Waals surface area contributed by atoms with Crippen molar-refractivity contribution in [3.63, 3.8) is 0 Å². The van der Waals surface area contributed by atoms with Crippen molar-refractivity contribution in [2.75, 3.05) is 6.61 Å². The van der Waals surface area contributed by atoms with Crippen molar-refractivity contribution in [1.29, 1.82) is 0 Å². The molecule has 0 aliphatic rings. The molecule has 0 saturated carbocycles. The molecule has 0 spiro atoms. The number of hydrogen-bond donors (Lipinski definition) is 0. The van der Waals surface area contributed by atoms with Gasteiger partial charge in [0.25, 0.3) is 0 Å². The topological polar surface area (TPSA) is 39.9 Å². The Hall–Kier alpha value is -1.68. The first-order chi connectivity index (χ1) is 8.20. The fourth-order valence-corrected chi connectivity index (χ4v) is 1.72. The van der Waals surface area contributed by atoms with Gasteiger partial charge < -0.3 is 4.74 Å². The van der Waals surface area contributed by atoms with E-state index in [1.807, 2.05) is 49.8 Å². The molecular formula is C13H17N3O. The first-order valence-electron chi connectivity index (χ1n) is 5.80. The highest BCUT2D eigenvalue weighted by atomic mass is 16.5. The van der Waals surface area contributed by atoms with Gasteiger partial charge in [-0.2, -0.15) is 5.10 Å². The molecule has 90 valence electrons. The summed E-state index contributed by atoms with van der Waals surface area (Å²) in [5.41, 5.74) is 3.02. The molecule has 4 nitrogen and oxygen atoms in total. The fourth-order valence-electron chi connectivity index (χ4n) is 1.72. The standard InChI is InChI=1S/C13H17N3O/c1-4-17-11(3)16-8-6-13(15-16)12-5-7-14-10(2)9-12/h5-9,11H,4H2,1-3H3. The van der Waals surface area contributed by atoms with Crippen LogP contribution in [-0.4, -0.2) is 21.4 Å². The van der Waals surface area contributed by atoms with Gasteiger partial charge in [-0.3, -0.25) is 4.98 Å². The summed E-state index contributed by atoms with van der Waals surface area (Å²) in [7, 11) is 0. The minimum atomic E-state index is -0.0308. The molecule has 2 aromatic rings. The lowest BCUT2D eigenvalue weighted by atomic mass is 10.2. The van der Waals surface area contributed by atoms with E-state index in [1.165, 1.54) is 0 Å². The summed E-state index contributed by atoms with van der Waals surface area (Å²) in [5.74, 6) is 0. The predicted octanol–water partition coefficient (Wildman–Crippen LogP) is 2.81. The third-order valence-electron chi connectivity index (χ3n) is 2.58. The van der Waals surface area contributed by atoms with E-state index in [1.54, 1.807) is 6.20 Å². The highest BCUT2D eigenvalue weighted by Crippen LogP contribution is 2.18. The van der Waals surface area contributed by atoms with E-state index < -0.39 is 0 Å². The lowest BCUT2D eigenvalue weighted by Crippen LogP contribution is -2.09. The average Bonchev–Trinajstić information content (AvgIpc) is 2.78. The number of hydrogen-bond acceptors (Lipinski definition) is 3. The monoisotopic (exact) mass is 231 g/mol. The Kier molecular flexibility index (Phi) is 3.54. The van der Waals surface area contributed by atoms with Crippen molar-refractivity contribution >= 4 is 0 Å². The maximum atomic E-state index is 5.49. The lowest BCUT2D eigenvalue weighted by molar-refractivity contribution is 0.0161. The van der Waals surface area contributed by atoms with Gasteiger partial charge in [-0.05, 0) is 39.0 Å². The zero-order valence-corrected chi connectivity index (χ0v) is 10.4. The number of aromatic nitrogens is 3. The quantitative estimate of drug-likeness (QED) is 0.812. The van der Waals surface area contributed by atoms with Crippen LogP contribution in [0.4, 0.5) is 0 Å². The van der Waals surface area contributed by atoms with Gasteiger partial charge in [0.05, 0.1) is 5.69 Å². The Morgan fingerprint density at radius 1 is 1.41 bits per heavy atom. The second-order valence-electron chi connectivity index (χ2n) is 3.92. The normalized spacial score (nSPS) is 12.6. The summed E-state index contributed by atoms with van der Waals surface area (Å²) in [6, 6.07) is 5.98. The number of pyridine rings is 1. The van der Waals surface area contributed by atoms with Crippen molar-refractivity contribution < 1.29 is 4.74 Å². The zero-order valence-electron chi connectivity index (χ0n) is 10.4. The molecule has 4 heteroatoms. The summed E-state index contributed by atoms with van der Waals surface area (Å²) in [5, 5.41) is 4.50. The largest absolute Gasteiger partial charge is 0.357 e. The summed E-state index contributed by atoms with van der Waals surface area (Å²) in [6.45, 7) is 6.62. The van der Waals surface area contributed by atoms with E-state index in [-0.39, 0.29) is 6.23 Å². The van der Waals surface area contributed by atoms with Crippen molar-refractivity contribution in [3.8, 4) is 11.3 Å². The smallest absolute Gasteiger partial charge is 0.147 e. The van der Waals surface area contributed by atoms with Crippen molar-refractivity contribution in [1.82, 2.24) is 14.8 Å². The molecular weight excluding hydrogens is 214 g/mol. The zero-order chi connectivity index (χ0) is 12.3. The van der Waals surface area contributed by atoms with Crippen LogP contribution >= 0.6 is 0 Å². The van der Waals surface area contributed by atoms with Gasteiger partial charge in [0.1, 0.15) is 6.23 Å². The first-order valence-corrected chi connectivity index (χ1v) is 5.80. The van der Waals surface area contributed by atoms with E-state index in [4.69, 9.17) is 4.74 Å². The molecule has 2 heterocycles. The Balaban J connectivity index is 2.23. The van der Waals surface area contributed by atoms with E-state index in [0.717, 1.165) is 17.0 Å². The Morgan fingerprint density at radius 2 is 2.24 bits per heavy atom. The van der Waals surface area contributed by atoms with Crippen LogP contribution in [0.1, 0.15) is 25.8 Å². The molecule has 0 radical (unpaired) electrons. The highest BCUT2D eigenvalue weighted by molar-refractivity contribution is 5.58. The minimum absolute atomic E-state index is 0.0308. The Morgan fingerprint density at radius 3 is 2.94 bits per heavy atom. The van der Waals surface area contributed by atoms with E-state index >= 15 is 0 Å². The van der Waals surface area contributed by atoms with Gasteiger partial charge in [-0.1, -0.05) is 0 Å². The molecule has 0 aliphatic heterocycles. The second kappa shape index (κ2) is 5.10. The highest BCUT2D eigenvalue weighted by Gasteiger charge is 2.07. The molecule has 2 rings (SSSR count). The number of nitrogens with zero attached hydrogens (tertiary/aromatic N) is 3. The number of rotatable bonds is 4. The molecule has 0 bridgehead atoms. The van der Waals surface area contributed by atoms with Crippen LogP contribution in [0.3, 0.4) is 0 Å². The van der Waals surface area contributed by atoms with Gasteiger partial charge in [0, 0.05) is 30.3 Å². The SMILES string of the molecule is CCOC(C)n1ccc(-c2ccnc(C)c2)n1. The fraction of sp³-hybridized carbons (Fsp3) is 0.385. The van der Waals surface area contributed by atoms with Gasteiger partial charge in [-0.25, -0.2) is 4.68 Å². The molecule has 0 aliphatic carbocycles. The second-order valence-corrected chi connectivity index (χ2v) is 3.92. The van der Waals surface area contributed by atoms with Crippen molar-refractivity contribution in [2.45, 2.75) is 27.0 Å². The molecule has 0 aromatic carbocycles. The van der Waals surface area contributed by atoms with Gasteiger partial charge in [0.2, 0.25) is 0 Å². The summed E-state index contributed by atoms with van der Waals surface area (Å²) in [6.07, 6.45) is 3.71. The molecule has 0 fully saturated rings. The van der Waals surface area contributed by atoms with E-state index in [2.05, 4.69) is 10.1 Å². The molecule has 0 amide bonds. The molecule has 0 N–H and O–H groups in total. The molecule has 0 saturated heterocycles. The van der Waals surface area contributed by atoms with Crippen LogP contribution < -0.4 is 0 Å². The number of ether oxygens (including phenoxy) is 1. The summed E-state index contributed by atoms with van der Waals surface area (Å²) >= 11 is 0. The third kappa shape index (κ3) is 2.71. The van der Waals surface area contributed by atoms with Crippen LogP contribution in [0.25, 0.3) is 11.3 Å². The summed E-state index contributed by atoms with van der Waals surface area (Å²) < 4.78 is 7.32. The van der Waals surface area contributed by atoms with Crippen LogP contribution in [-0.2, 0) is 4.74 Å².